The predicted molar refractivity (Wildman–Crippen MR) is 112 cm³/mol. The number of halogens is 1. The molecule has 2 aromatic heterocycles. The van der Waals surface area contributed by atoms with Gasteiger partial charge in [0.2, 0.25) is 6.79 Å². The Morgan fingerprint density at radius 2 is 2.10 bits per heavy atom. The third-order valence-corrected chi connectivity index (χ3v) is 4.78. The summed E-state index contributed by atoms with van der Waals surface area (Å²) >= 11 is 5.94. The van der Waals surface area contributed by atoms with E-state index in [1.54, 1.807) is 41.2 Å². The Kier molecular flexibility index (Phi) is 4.93. The molecule has 0 bridgehead atoms. The zero-order chi connectivity index (χ0) is 21.2. The maximum absolute atomic E-state index is 12.6. The van der Waals surface area contributed by atoms with Crippen LogP contribution < -0.4 is 19.5 Å². The Hall–Kier alpha value is -3.98. The van der Waals surface area contributed by atoms with Crippen LogP contribution in [0.25, 0.3) is 11.3 Å². The molecular weight excluding hydrogens is 422 g/mol. The zero-order valence-electron chi connectivity index (χ0n) is 16.0. The lowest BCUT2D eigenvalue weighted by atomic mass is 10.1. The van der Waals surface area contributed by atoms with Gasteiger partial charge < -0.3 is 19.5 Å². The lowest BCUT2D eigenvalue weighted by molar-refractivity contribution is 0.102. The van der Waals surface area contributed by atoms with Crippen molar-refractivity contribution in [3.63, 3.8) is 0 Å². The van der Waals surface area contributed by atoms with Gasteiger partial charge in [-0.3, -0.25) is 9.89 Å². The van der Waals surface area contributed by atoms with Crippen LogP contribution in [0.2, 0.25) is 5.02 Å². The molecule has 4 aromatic rings. The average molecular weight is 438 g/mol. The average Bonchev–Trinajstić information content (AvgIpc) is 3.52. The van der Waals surface area contributed by atoms with Crippen molar-refractivity contribution in [2.45, 2.75) is 6.73 Å². The van der Waals surface area contributed by atoms with E-state index in [-0.39, 0.29) is 19.4 Å². The standard InChI is InChI=1S/C21H16ClN5O4/c22-14-2-1-3-16(7-14)29-11-27-10-15(9-23-27)24-21(28)18-8-17(25-26-18)13-4-5-19-20(6-13)31-12-30-19/h1-10H,11-12H2,(H,24,28)(H,25,26). The van der Waals surface area contributed by atoms with E-state index < -0.39 is 0 Å². The summed E-state index contributed by atoms with van der Waals surface area (Å²) in [4.78, 5) is 12.6. The minimum Gasteiger partial charge on any atom is -0.471 e. The Morgan fingerprint density at radius 1 is 1.19 bits per heavy atom. The number of carbonyl (C=O) groups excluding carboxylic acids is 1. The van der Waals surface area contributed by atoms with Gasteiger partial charge in [-0.1, -0.05) is 17.7 Å². The van der Waals surface area contributed by atoms with Crippen molar-refractivity contribution in [3.05, 3.63) is 71.6 Å². The molecule has 2 N–H and O–H groups in total. The maximum atomic E-state index is 12.6. The summed E-state index contributed by atoms with van der Waals surface area (Å²) < 4.78 is 17.9. The molecule has 5 rings (SSSR count). The highest BCUT2D eigenvalue weighted by atomic mass is 35.5. The topological polar surface area (TPSA) is 103 Å². The fourth-order valence-electron chi connectivity index (χ4n) is 3.04. The first-order chi connectivity index (χ1) is 15.1. The molecule has 0 atom stereocenters. The van der Waals surface area contributed by atoms with Crippen LogP contribution in [0.3, 0.4) is 0 Å². The number of fused-ring (bicyclic) bond motifs is 1. The number of nitrogens with zero attached hydrogens (tertiary/aromatic N) is 3. The largest absolute Gasteiger partial charge is 0.471 e. The number of aromatic amines is 1. The number of anilines is 1. The molecule has 0 unspecified atom stereocenters. The van der Waals surface area contributed by atoms with E-state index in [0.717, 1.165) is 5.56 Å². The van der Waals surface area contributed by atoms with Gasteiger partial charge in [0.25, 0.3) is 5.91 Å². The molecule has 1 aliphatic rings. The van der Waals surface area contributed by atoms with Crippen LogP contribution in [0.1, 0.15) is 10.5 Å². The lowest BCUT2D eigenvalue weighted by Crippen LogP contribution is -2.12. The second kappa shape index (κ2) is 8.04. The molecule has 3 heterocycles. The smallest absolute Gasteiger partial charge is 0.273 e. The van der Waals surface area contributed by atoms with Crippen LogP contribution in [0.5, 0.6) is 17.2 Å². The van der Waals surface area contributed by atoms with Gasteiger partial charge in [-0.25, -0.2) is 4.68 Å². The first-order valence-corrected chi connectivity index (χ1v) is 9.69. The van der Waals surface area contributed by atoms with Gasteiger partial charge in [-0.15, -0.1) is 0 Å². The van der Waals surface area contributed by atoms with Crippen LogP contribution in [0, 0.1) is 0 Å². The molecule has 0 aliphatic carbocycles. The number of H-pyrrole nitrogens is 1. The lowest BCUT2D eigenvalue weighted by Gasteiger charge is -2.06. The third-order valence-electron chi connectivity index (χ3n) is 4.54. The molecule has 0 radical (unpaired) electrons. The molecule has 1 aliphatic heterocycles. The van der Waals surface area contributed by atoms with Crippen LogP contribution in [-0.2, 0) is 6.73 Å². The van der Waals surface area contributed by atoms with Gasteiger partial charge in [0, 0.05) is 10.6 Å². The summed E-state index contributed by atoms with van der Waals surface area (Å²) in [6.45, 7) is 0.374. The van der Waals surface area contributed by atoms with Gasteiger partial charge in [-0.2, -0.15) is 10.2 Å². The maximum Gasteiger partial charge on any atom is 0.273 e. The van der Waals surface area contributed by atoms with Crippen LogP contribution >= 0.6 is 11.6 Å². The Balaban J connectivity index is 1.22. The van der Waals surface area contributed by atoms with E-state index in [0.29, 0.717) is 39.3 Å². The number of rotatable bonds is 6. The highest BCUT2D eigenvalue weighted by Crippen LogP contribution is 2.35. The summed E-state index contributed by atoms with van der Waals surface area (Å²) in [5.74, 6) is 1.63. The Labute approximate surface area is 181 Å². The SMILES string of the molecule is O=C(Nc1cnn(COc2cccc(Cl)c2)c1)c1cc(-c2ccc3c(c2)OCO3)n[nH]1. The van der Waals surface area contributed by atoms with Gasteiger partial charge >= 0.3 is 0 Å². The first-order valence-electron chi connectivity index (χ1n) is 9.32. The van der Waals surface area contributed by atoms with Crippen molar-refractivity contribution in [3.8, 4) is 28.5 Å². The Morgan fingerprint density at radius 3 is 3.00 bits per heavy atom. The number of ether oxygens (including phenoxy) is 3. The van der Waals surface area contributed by atoms with Crippen molar-refractivity contribution in [2.24, 2.45) is 0 Å². The number of nitrogens with one attached hydrogen (secondary N) is 2. The molecule has 156 valence electrons. The van der Waals surface area contributed by atoms with Crippen molar-refractivity contribution in [2.75, 3.05) is 12.1 Å². The second-order valence-corrected chi connectivity index (χ2v) is 7.12. The van der Waals surface area contributed by atoms with E-state index in [1.165, 1.54) is 6.20 Å². The van der Waals surface area contributed by atoms with Crippen molar-refractivity contribution >= 4 is 23.2 Å². The van der Waals surface area contributed by atoms with E-state index in [4.69, 9.17) is 25.8 Å². The van der Waals surface area contributed by atoms with E-state index in [2.05, 4.69) is 20.6 Å². The number of aromatic nitrogens is 4. The van der Waals surface area contributed by atoms with Crippen molar-refractivity contribution < 1.29 is 19.0 Å². The molecule has 0 saturated heterocycles. The van der Waals surface area contributed by atoms with Crippen LogP contribution in [0.15, 0.2) is 60.9 Å². The van der Waals surface area contributed by atoms with Crippen LogP contribution in [-0.4, -0.2) is 32.7 Å². The number of hydrogen-bond acceptors (Lipinski definition) is 6. The van der Waals surface area contributed by atoms with E-state index in [9.17, 15) is 4.79 Å². The van der Waals surface area contributed by atoms with Gasteiger partial charge in [0.05, 0.1) is 23.8 Å². The summed E-state index contributed by atoms with van der Waals surface area (Å²) in [6, 6.07) is 14.2. The highest BCUT2D eigenvalue weighted by molar-refractivity contribution is 6.30. The molecule has 9 nitrogen and oxygen atoms in total. The predicted octanol–water partition coefficient (Wildman–Crippen LogP) is 3.94. The molecule has 10 heteroatoms. The Bertz CT molecular complexity index is 1250. The van der Waals surface area contributed by atoms with Gasteiger partial charge in [-0.05, 0) is 42.5 Å². The number of carbonyl (C=O) groups is 1. The highest BCUT2D eigenvalue weighted by Gasteiger charge is 2.17. The number of amides is 1. The van der Waals surface area contributed by atoms with Crippen molar-refractivity contribution in [1.82, 2.24) is 20.0 Å². The quantitative estimate of drug-likeness (QED) is 0.473. The molecule has 0 fully saturated rings. The van der Waals surface area contributed by atoms with E-state index in [1.807, 2.05) is 18.2 Å². The van der Waals surface area contributed by atoms with Gasteiger partial charge in [0.1, 0.15) is 11.4 Å². The fraction of sp³-hybridized carbons (Fsp3) is 0.0952. The fourth-order valence-corrected chi connectivity index (χ4v) is 3.22. The summed E-state index contributed by atoms with van der Waals surface area (Å²) in [7, 11) is 0. The summed E-state index contributed by atoms with van der Waals surface area (Å²) in [6.07, 6.45) is 3.20. The van der Waals surface area contributed by atoms with Crippen molar-refractivity contribution in [1.29, 1.82) is 0 Å². The third kappa shape index (κ3) is 4.17. The minimum atomic E-state index is -0.338. The summed E-state index contributed by atoms with van der Waals surface area (Å²) in [5.41, 5.74) is 2.27. The molecule has 31 heavy (non-hydrogen) atoms. The summed E-state index contributed by atoms with van der Waals surface area (Å²) in [5, 5.41) is 14.5. The molecule has 2 aromatic carbocycles. The first kappa shape index (κ1) is 19.0. The minimum absolute atomic E-state index is 0.175. The second-order valence-electron chi connectivity index (χ2n) is 6.69. The van der Waals surface area contributed by atoms with Gasteiger partial charge in [0.15, 0.2) is 18.2 Å². The molecule has 1 amide bonds. The number of benzene rings is 2. The zero-order valence-corrected chi connectivity index (χ0v) is 16.8. The van der Waals surface area contributed by atoms with Crippen LogP contribution in [0.4, 0.5) is 5.69 Å². The number of hydrogen-bond donors (Lipinski definition) is 2. The molecule has 0 spiro atoms. The molecule has 0 saturated carbocycles. The normalized spacial score (nSPS) is 12.0. The monoisotopic (exact) mass is 437 g/mol. The molecular formula is C21H16ClN5O4. The van der Waals surface area contributed by atoms with E-state index >= 15 is 0 Å².